The Balaban J connectivity index is 4.55. The van der Waals surface area contributed by atoms with Gasteiger partial charge in [-0.05, 0) is 25.4 Å². The number of carbonyl (C=O) groups excluding carboxylic acids is 3. The van der Waals surface area contributed by atoms with Crippen molar-refractivity contribution in [3.05, 3.63) is 0 Å². The van der Waals surface area contributed by atoms with E-state index in [9.17, 15) is 19.2 Å². The van der Waals surface area contributed by atoms with E-state index in [-0.39, 0.29) is 0 Å². The van der Waals surface area contributed by atoms with Gasteiger partial charge in [-0.25, -0.2) is 4.79 Å². The standard InChI is InChI=1S/C12H21N3O6S/c1-7(10(18)15-9(5-16)12(20)21)14-11(19)8(13-6-17)3-4-22-2/h6-9,16H,3-5H2,1-2H3,(H,13,17)(H,14,19)(H,15,18)(H,20,21)/t7-,8-,9-/m0/s1. The van der Waals surface area contributed by atoms with E-state index in [4.69, 9.17) is 10.2 Å². The first-order valence-electron chi connectivity index (χ1n) is 6.50. The Kier molecular flexibility index (Phi) is 9.96. The monoisotopic (exact) mass is 335 g/mol. The highest BCUT2D eigenvalue weighted by atomic mass is 32.2. The van der Waals surface area contributed by atoms with Gasteiger partial charge in [-0.2, -0.15) is 11.8 Å². The fourth-order valence-electron chi connectivity index (χ4n) is 1.47. The van der Waals surface area contributed by atoms with Crippen LogP contribution in [0.25, 0.3) is 0 Å². The quantitative estimate of drug-likeness (QED) is 0.272. The Labute approximate surface area is 132 Å². The van der Waals surface area contributed by atoms with E-state index in [2.05, 4.69) is 16.0 Å². The molecule has 0 aliphatic rings. The minimum absolute atomic E-state index is 0.397. The number of carbonyl (C=O) groups is 4. The maximum absolute atomic E-state index is 12.0. The van der Waals surface area contributed by atoms with Crippen molar-refractivity contribution in [2.45, 2.75) is 31.5 Å². The van der Waals surface area contributed by atoms with Crippen LogP contribution in [0.5, 0.6) is 0 Å². The van der Waals surface area contributed by atoms with Gasteiger partial charge < -0.3 is 26.2 Å². The molecule has 10 heteroatoms. The van der Waals surface area contributed by atoms with Gasteiger partial charge in [0, 0.05) is 0 Å². The molecule has 0 heterocycles. The minimum Gasteiger partial charge on any atom is -0.480 e. The van der Waals surface area contributed by atoms with Gasteiger partial charge >= 0.3 is 5.97 Å². The van der Waals surface area contributed by atoms with Gasteiger partial charge in [-0.15, -0.1) is 0 Å². The number of amides is 3. The Morgan fingerprint density at radius 3 is 2.27 bits per heavy atom. The molecule has 0 fully saturated rings. The van der Waals surface area contributed by atoms with E-state index >= 15 is 0 Å². The highest BCUT2D eigenvalue weighted by Gasteiger charge is 2.25. The molecule has 0 unspecified atom stereocenters. The third kappa shape index (κ3) is 7.27. The van der Waals surface area contributed by atoms with Crippen molar-refractivity contribution >= 4 is 36.0 Å². The molecule has 5 N–H and O–H groups in total. The lowest BCUT2D eigenvalue weighted by atomic mass is 10.2. The number of nitrogens with one attached hydrogen (secondary N) is 3. The molecule has 9 nitrogen and oxygen atoms in total. The summed E-state index contributed by atoms with van der Waals surface area (Å²) in [4.78, 5) is 44.9. The summed E-state index contributed by atoms with van der Waals surface area (Å²) in [5, 5.41) is 24.4. The van der Waals surface area contributed by atoms with E-state index in [0.717, 1.165) is 0 Å². The molecule has 0 radical (unpaired) electrons. The van der Waals surface area contributed by atoms with E-state index in [0.29, 0.717) is 18.6 Å². The molecule has 3 amide bonds. The lowest BCUT2D eigenvalue weighted by molar-refractivity contribution is -0.143. The zero-order valence-electron chi connectivity index (χ0n) is 12.4. The molecule has 0 aromatic carbocycles. The van der Waals surface area contributed by atoms with Crippen molar-refractivity contribution in [2.24, 2.45) is 0 Å². The van der Waals surface area contributed by atoms with Gasteiger partial charge in [0.2, 0.25) is 18.2 Å². The summed E-state index contributed by atoms with van der Waals surface area (Å²) < 4.78 is 0. The number of carboxylic acids is 1. The lowest BCUT2D eigenvalue weighted by Gasteiger charge is -2.20. The Morgan fingerprint density at radius 1 is 1.18 bits per heavy atom. The van der Waals surface area contributed by atoms with Crippen molar-refractivity contribution in [2.75, 3.05) is 18.6 Å². The third-order valence-electron chi connectivity index (χ3n) is 2.75. The molecular weight excluding hydrogens is 314 g/mol. The van der Waals surface area contributed by atoms with Gasteiger partial charge in [0.1, 0.15) is 18.1 Å². The smallest absolute Gasteiger partial charge is 0.328 e. The van der Waals surface area contributed by atoms with Crippen molar-refractivity contribution in [1.29, 1.82) is 0 Å². The molecule has 3 atom stereocenters. The summed E-state index contributed by atoms with van der Waals surface area (Å²) in [6.07, 6.45) is 2.66. The van der Waals surface area contributed by atoms with Gasteiger partial charge in [0.15, 0.2) is 0 Å². The topological polar surface area (TPSA) is 145 Å². The van der Waals surface area contributed by atoms with Crippen molar-refractivity contribution in [3.8, 4) is 0 Å². The summed E-state index contributed by atoms with van der Waals surface area (Å²) in [6, 6.07) is -3.22. The van der Waals surface area contributed by atoms with E-state index in [1.165, 1.54) is 18.7 Å². The zero-order chi connectivity index (χ0) is 17.1. The predicted molar refractivity (Wildman–Crippen MR) is 80.2 cm³/mol. The molecule has 0 aromatic heterocycles. The average Bonchev–Trinajstić information content (AvgIpc) is 2.47. The fraction of sp³-hybridized carbons (Fsp3) is 0.667. The second kappa shape index (κ2) is 10.9. The van der Waals surface area contributed by atoms with Crippen LogP contribution in [0.2, 0.25) is 0 Å². The maximum Gasteiger partial charge on any atom is 0.328 e. The van der Waals surface area contributed by atoms with Crippen LogP contribution >= 0.6 is 11.8 Å². The highest BCUT2D eigenvalue weighted by molar-refractivity contribution is 7.98. The predicted octanol–water partition coefficient (Wildman–Crippen LogP) is -2.08. The maximum atomic E-state index is 12.0. The fourth-order valence-corrected chi connectivity index (χ4v) is 1.94. The number of aliphatic hydroxyl groups excluding tert-OH is 1. The molecule has 0 rings (SSSR count). The first-order chi connectivity index (χ1) is 10.4. The number of thioether (sulfide) groups is 1. The van der Waals surface area contributed by atoms with Gasteiger partial charge in [0.05, 0.1) is 6.61 Å². The van der Waals surface area contributed by atoms with Crippen LogP contribution in [0.15, 0.2) is 0 Å². The molecule has 0 aliphatic heterocycles. The zero-order valence-corrected chi connectivity index (χ0v) is 13.2. The number of hydrogen-bond acceptors (Lipinski definition) is 6. The SMILES string of the molecule is CSCC[C@H](NC=O)C(=O)N[C@@H](C)C(=O)N[C@@H](CO)C(=O)O. The summed E-state index contributed by atoms with van der Waals surface area (Å²) in [6.45, 7) is 0.612. The molecule has 0 aliphatic carbocycles. The Morgan fingerprint density at radius 2 is 1.82 bits per heavy atom. The van der Waals surface area contributed by atoms with Crippen LogP contribution in [0, 0.1) is 0 Å². The first-order valence-corrected chi connectivity index (χ1v) is 7.89. The highest BCUT2D eigenvalue weighted by Crippen LogP contribution is 2.01. The summed E-state index contributed by atoms with van der Waals surface area (Å²) in [5.41, 5.74) is 0. The number of aliphatic carboxylic acids is 1. The van der Waals surface area contributed by atoms with Crippen LogP contribution in [-0.2, 0) is 19.2 Å². The lowest BCUT2D eigenvalue weighted by Crippen LogP contribution is -2.54. The number of aliphatic hydroxyl groups is 1. The molecule has 0 spiro atoms. The van der Waals surface area contributed by atoms with Crippen LogP contribution in [0.1, 0.15) is 13.3 Å². The molecule has 126 valence electrons. The summed E-state index contributed by atoms with van der Waals surface area (Å²) >= 11 is 1.50. The average molecular weight is 335 g/mol. The second-order valence-electron chi connectivity index (χ2n) is 4.43. The van der Waals surface area contributed by atoms with Crippen LogP contribution < -0.4 is 16.0 Å². The van der Waals surface area contributed by atoms with E-state index in [1.807, 2.05) is 6.26 Å². The van der Waals surface area contributed by atoms with Crippen LogP contribution in [0.3, 0.4) is 0 Å². The minimum atomic E-state index is -1.44. The van der Waals surface area contributed by atoms with Gasteiger partial charge in [-0.3, -0.25) is 14.4 Å². The largest absolute Gasteiger partial charge is 0.480 e. The van der Waals surface area contributed by atoms with E-state index in [1.54, 1.807) is 0 Å². The number of hydrogen-bond donors (Lipinski definition) is 5. The number of rotatable bonds is 11. The number of carboxylic acid groups (broad SMARTS) is 1. The Hall–Kier alpha value is -1.81. The molecule has 0 saturated heterocycles. The normalized spacial score (nSPS) is 14.3. The summed E-state index contributed by atoms with van der Waals surface area (Å²) in [7, 11) is 0. The molecular formula is C12H21N3O6S. The van der Waals surface area contributed by atoms with Gasteiger partial charge in [-0.1, -0.05) is 0 Å². The van der Waals surface area contributed by atoms with Crippen molar-refractivity contribution in [3.63, 3.8) is 0 Å². The third-order valence-corrected chi connectivity index (χ3v) is 3.39. The van der Waals surface area contributed by atoms with Crippen LogP contribution in [0.4, 0.5) is 0 Å². The van der Waals surface area contributed by atoms with Crippen molar-refractivity contribution in [1.82, 2.24) is 16.0 Å². The molecule has 0 aromatic rings. The molecule has 22 heavy (non-hydrogen) atoms. The summed E-state index contributed by atoms with van der Waals surface area (Å²) in [5.74, 6) is -2.02. The molecule has 0 bridgehead atoms. The molecule has 0 saturated carbocycles. The van der Waals surface area contributed by atoms with Crippen LogP contribution in [-0.4, -0.2) is 71.1 Å². The van der Waals surface area contributed by atoms with E-state index < -0.39 is 42.5 Å². The van der Waals surface area contributed by atoms with Gasteiger partial charge in [0.25, 0.3) is 0 Å². The first kappa shape index (κ1) is 20.2. The van der Waals surface area contributed by atoms with Crippen molar-refractivity contribution < 1.29 is 29.4 Å². The Bertz CT molecular complexity index is 406. The second-order valence-corrected chi connectivity index (χ2v) is 5.42.